The molecule has 8 atom stereocenters. The first-order chi connectivity index (χ1) is 12.2. The molecule has 148 valence electrons. The summed E-state index contributed by atoms with van der Waals surface area (Å²) < 4.78 is 27.1. The lowest BCUT2D eigenvalue weighted by molar-refractivity contribution is -0.112. The summed E-state index contributed by atoms with van der Waals surface area (Å²) in [4.78, 5) is 0. The van der Waals surface area contributed by atoms with Crippen LogP contribution in [0.15, 0.2) is 11.6 Å². The zero-order valence-corrected chi connectivity index (χ0v) is 16.1. The van der Waals surface area contributed by atoms with E-state index in [0.29, 0.717) is 17.8 Å². The highest BCUT2D eigenvalue weighted by Crippen LogP contribution is 2.64. The normalized spacial score (nSPS) is 46.8. The van der Waals surface area contributed by atoms with Crippen LogP contribution in [0.5, 0.6) is 0 Å². The Balaban J connectivity index is 1.51. The summed E-state index contributed by atoms with van der Waals surface area (Å²) in [5.41, 5.74) is 1.59. The maximum atomic E-state index is 13.5. The third-order valence-electron chi connectivity index (χ3n) is 8.71. The lowest BCUT2D eigenvalue weighted by Crippen LogP contribution is -2.47. The first-order valence-electron chi connectivity index (χ1n) is 10.6. The molecule has 3 saturated carbocycles. The minimum absolute atomic E-state index is 0.104. The highest BCUT2D eigenvalue weighted by Gasteiger charge is 2.56. The van der Waals surface area contributed by atoms with Crippen LogP contribution in [0.25, 0.3) is 0 Å². The Morgan fingerprint density at radius 2 is 1.96 bits per heavy atom. The smallest absolute Gasteiger partial charge is 0.270 e. The van der Waals surface area contributed by atoms with Gasteiger partial charge >= 0.3 is 0 Å². The highest BCUT2D eigenvalue weighted by molar-refractivity contribution is 5.20. The van der Waals surface area contributed by atoms with Gasteiger partial charge in [0.05, 0.1) is 6.10 Å². The molecule has 0 bridgehead atoms. The molecule has 0 aromatic heterocycles. The van der Waals surface area contributed by atoms with Gasteiger partial charge in [-0.15, -0.1) is 0 Å². The molecule has 2 unspecified atom stereocenters. The summed E-state index contributed by atoms with van der Waals surface area (Å²) in [7, 11) is 0. The van der Waals surface area contributed by atoms with Crippen molar-refractivity contribution >= 4 is 0 Å². The van der Waals surface area contributed by atoms with Crippen LogP contribution >= 0.6 is 0 Å². The number of aliphatic hydroxyl groups excluding tert-OH is 2. The minimum Gasteiger partial charge on any atom is -0.393 e. The second-order valence-corrected chi connectivity index (χ2v) is 10.0. The molecular weight excluding hydrogens is 334 g/mol. The largest absolute Gasteiger partial charge is 0.393 e. The molecule has 0 aromatic rings. The Kier molecular flexibility index (Phi) is 4.75. The fraction of sp³-hybridized carbons (Fsp3) is 0.909. The van der Waals surface area contributed by atoms with Gasteiger partial charge in [-0.3, -0.25) is 0 Å². The van der Waals surface area contributed by atoms with Crippen molar-refractivity contribution in [2.24, 2.45) is 35.0 Å². The highest BCUT2D eigenvalue weighted by atomic mass is 19.3. The molecule has 2 N–H and O–H groups in total. The van der Waals surface area contributed by atoms with Crippen LogP contribution in [0.4, 0.5) is 8.78 Å². The van der Waals surface area contributed by atoms with E-state index in [4.69, 9.17) is 0 Å². The summed E-state index contributed by atoms with van der Waals surface area (Å²) in [5, 5.41) is 20.0. The third-order valence-corrected chi connectivity index (χ3v) is 8.71. The Bertz CT molecular complexity index is 569. The van der Waals surface area contributed by atoms with Gasteiger partial charge in [0.2, 0.25) is 0 Å². The van der Waals surface area contributed by atoms with Crippen molar-refractivity contribution in [1.29, 1.82) is 0 Å². The third kappa shape index (κ3) is 3.05. The summed E-state index contributed by atoms with van der Waals surface area (Å²) in [5.74, 6) is -0.150. The average Bonchev–Trinajstić information content (AvgIpc) is 2.90. The van der Waals surface area contributed by atoms with Crippen LogP contribution in [0.1, 0.15) is 71.6 Å². The second kappa shape index (κ2) is 6.55. The molecule has 3 fully saturated rings. The summed E-state index contributed by atoms with van der Waals surface area (Å²) >= 11 is 0. The number of alkyl halides is 2. The van der Waals surface area contributed by atoms with Gasteiger partial charge in [-0.05, 0) is 92.8 Å². The van der Waals surface area contributed by atoms with Crippen molar-refractivity contribution in [2.45, 2.75) is 89.8 Å². The van der Waals surface area contributed by atoms with Crippen molar-refractivity contribution in [3.8, 4) is 0 Å². The Morgan fingerprint density at radius 1 is 1.19 bits per heavy atom. The number of rotatable bonds is 3. The molecule has 0 amide bonds. The standard InChI is InChI=1S/C22H34F2O2/c1-21-10-9-17-16-7-5-15(25)11-13(16)3-6-18(17)19(21)8-4-14(21)12-20(26)22(2,23)24/h3,14-20,25-26H,4-12H2,1-2H3/t14-,15+,16+,17?,18-,19?,20-,21-/m1/s1. The fourth-order valence-corrected chi connectivity index (χ4v) is 7.22. The van der Waals surface area contributed by atoms with E-state index < -0.39 is 12.0 Å². The van der Waals surface area contributed by atoms with E-state index in [2.05, 4.69) is 13.0 Å². The van der Waals surface area contributed by atoms with E-state index in [0.717, 1.165) is 57.8 Å². The van der Waals surface area contributed by atoms with Gasteiger partial charge in [-0.1, -0.05) is 18.6 Å². The van der Waals surface area contributed by atoms with Gasteiger partial charge < -0.3 is 10.2 Å². The van der Waals surface area contributed by atoms with Crippen molar-refractivity contribution < 1.29 is 19.0 Å². The maximum absolute atomic E-state index is 13.5. The van der Waals surface area contributed by atoms with Crippen LogP contribution in [-0.4, -0.2) is 28.3 Å². The topological polar surface area (TPSA) is 40.5 Å². The number of halogens is 2. The van der Waals surface area contributed by atoms with Gasteiger partial charge in [-0.2, -0.15) is 0 Å². The van der Waals surface area contributed by atoms with Crippen molar-refractivity contribution in [3.63, 3.8) is 0 Å². The van der Waals surface area contributed by atoms with Gasteiger partial charge in [-0.25, -0.2) is 8.78 Å². The lowest BCUT2D eigenvalue weighted by atomic mass is 9.51. The molecule has 0 heterocycles. The maximum Gasteiger partial charge on any atom is 0.270 e. The van der Waals surface area contributed by atoms with E-state index in [-0.39, 0.29) is 23.9 Å². The van der Waals surface area contributed by atoms with Gasteiger partial charge in [0, 0.05) is 6.92 Å². The van der Waals surface area contributed by atoms with Crippen LogP contribution in [0.3, 0.4) is 0 Å². The first kappa shape index (κ1) is 18.9. The van der Waals surface area contributed by atoms with Crippen molar-refractivity contribution in [3.05, 3.63) is 11.6 Å². The molecule has 4 heteroatoms. The molecule has 0 spiro atoms. The number of allylic oxidation sites excluding steroid dienone is 1. The first-order valence-corrected chi connectivity index (χ1v) is 10.6. The predicted octanol–water partition coefficient (Wildman–Crippen LogP) is 4.94. The quantitative estimate of drug-likeness (QED) is 0.693. The van der Waals surface area contributed by atoms with Crippen molar-refractivity contribution in [2.75, 3.05) is 0 Å². The molecule has 4 rings (SSSR count). The van der Waals surface area contributed by atoms with E-state index in [1.165, 1.54) is 12.0 Å². The second-order valence-electron chi connectivity index (χ2n) is 10.0. The summed E-state index contributed by atoms with van der Waals surface area (Å²) in [6.45, 7) is 3.16. The van der Waals surface area contributed by atoms with E-state index >= 15 is 0 Å². The van der Waals surface area contributed by atoms with Crippen LogP contribution in [-0.2, 0) is 0 Å². The fourth-order valence-electron chi connectivity index (χ4n) is 7.22. The molecular formula is C22H34F2O2. The molecule has 26 heavy (non-hydrogen) atoms. The molecule has 0 radical (unpaired) electrons. The zero-order chi connectivity index (χ0) is 18.7. The van der Waals surface area contributed by atoms with Crippen molar-refractivity contribution in [1.82, 2.24) is 0 Å². The predicted molar refractivity (Wildman–Crippen MR) is 97.8 cm³/mol. The molecule has 4 aliphatic rings. The van der Waals surface area contributed by atoms with E-state index in [1.54, 1.807) is 0 Å². The Hall–Kier alpha value is -0.480. The number of fused-ring (bicyclic) bond motifs is 5. The van der Waals surface area contributed by atoms with Crippen LogP contribution in [0.2, 0.25) is 0 Å². The summed E-state index contributed by atoms with van der Waals surface area (Å²) in [6, 6.07) is 0. The minimum atomic E-state index is -3.00. The van der Waals surface area contributed by atoms with Crippen LogP contribution < -0.4 is 0 Å². The van der Waals surface area contributed by atoms with E-state index in [9.17, 15) is 19.0 Å². The van der Waals surface area contributed by atoms with Crippen LogP contribution in [0, 0.1) is 35.0 Å². The Labute approximate surface area is 156 Å². The lowest BCUT2D eigenvalue weighted by Gasteiger charge is -2.54. The molecule has 0 aromatic carbocycles. The molecule has 0 aliphatic heterocycles. The molecule has 4 aliphatic carbocycles. The Morgan fingerprint density at radius 3 is 2.69 bits per heavy atom. The SMILES string of the molecule is CC(F)(F)[C@H](O)C[C@H]1CCC2[C@@H]3CC=C4C[C@@H](O)CC[C@@H]4C3CC[C@@]21C. The average molecular weight is 369 g/mol. The monoisotopic (exact) mass is 368 g/mol. The number of hydrogen-bond acceptors (Lipinski definition) is 2. The van der Waals surface area contributed by atoms with Gasteiger partial charge in [0.25, 0.3) is 5.92 Å². The van der Waals surface area contributed by atoms with E-state index in [1.807, 2.05) is 0 Å². The van der Waals surface area contributed by atoms with Gasteiger partial charge in [0.1, 0.15) is 6.10 Å². The van der Waals surface area contributed by atoms with Gasteiger partial charge in [0.15, 0.2) is 0 Å². The molecule has 2 nitrogen and oxygen atoms in total. The summed E-state index contributed by atoms with van der Waals surface area (Å²) in [6.07, 6.45) is 9.37. The molecule has 0 saturated heterocycles. The zero-order valence-electron chi connectivity index (χ0n) is 16.1. The number of hydrogen-bond donors (Lipinski definition) is 2. The number of aliphatic hydroxyl groups is 2.